The van der Waals surface area contributed by atoms with E-state index in [2.05, 4.69) is 5.32 Å². The lowest BCUT2D eigenvalue weighted by molar-refractivity contribution is -0.145. The van der Waals surface area contributed by atoms with E-state index >= 15 is 0 Å². The van der Waals surface area contributed by atoms with Crippen molar-refractivity contribution in [1.29, 1.82) is 0 Å². The predicted octanol–water partition coefficient (Wildman–Crippen LogP) is 2.96. The molecule has 0 aliphatic heterocycles. The van der Waals surface area contributed by atoms with E-state index in [-0.39, 0.29) is 0 Å². The second kappa shape index (κ2) is 8.54. The molecule has 0 saturated heterocycles. The van der Waals surface area contributed by atoms with Gasteiger partial charge in [0.2, 0.25) is 0 Å². The van der Waals surface area contributed by atoms with Crippen molar-refractivity contribution in [2.75, 3.05) is 13.2 Å². The summed E-state index contributed by atoms with van der Waals surface area (Å²) in [4.78, 5) is 11.4. The number of carboxylic acids is 1. The van der Waals surface area contributed by atoms with Crippen molar-refractivity contribution in [1.82, 2.24) is 5.32 Å². The molecule has 112 valence electrons. The lowest BCUT2D eigenvalue weighted by atomic mass is 9.90. The van der Waals surface area contributed by atoms with E-state index in [0.29, 0.717) is 32.1 Å². The minimum Gasteiger partial charge on any atom is -0.480 e. The molecule has 0 aromatic rings. The average molecular weight is 271 g/mol. The van der Waals surface area contributed by atoms with E-state index in [4.69, 9.17) is 4.74 Å². The van der Waals surface area contributed by atoms with E-state index in [1.54, 1.807) is 0 Å². The second-order valence-electron chi connectivity index (χ2n) is 5.51. The quantitative estimate of drug-likeness (QED) is 0.633. The van der Waals surface area contributed by atoms with Gasteiger partial charge in [0.15, 0.2) is 0 Å². The highest BCUT2D eigenvalue weighted by molar-refractivity contribution is 5.78. The fraction of sp³-hybridized carbons (Fsp3) is 0.933. The molecule has 2 N–H and O–H groups in total. The van der Waals surface area contributed by atoms with Gasteiger partial charge in [-0.05, 0) is 38.6 Å². The van der Waals surface area contributed by atoms with Gasteiger partial charge in [-0.25, -0.2) is 0 Å². The number of aliphatic carboxylic acids is 1. The van der Waals surface area contributed by atoms with Crippen molar-refractivity contribution >= 4 is 5.97 Å². The van der Waals surface area contributed by atoms with Crippen LogP contribution in [0.25, 0.3) is 0 Å². The third-order valence-electron chi connectivity index (χ3n) is 4.18. The first kappa shape index (κ1) is 16.4. The van der Waals surface area contributed by atoms with Crippen molar-refractivity contribution in [2.45, 2.75) is 76.9 Å². The minimum atomic E-state index is -0.773. The summed E-state index contributed by atoms with van der Waals surface area (Å²) in [7, 11) is 0. The Bertz CT molecular complexity index is 264. The molecule has 19 heavy (non-hydrogen) atoms. The molecular weight excluding hydrogens is 242 g/mol. The summed E-state index contributed by atoms with van der Waals surface area (Å²) in [5.41, 5.74) is -0.773. The Morgan fingerprint density at radius 2 is 2.00 bits per heavy atom. The molecule has 0 aromatic carbocycles. The first-order valence-electron chi connectivity index (χ1n) is 7.74. The molecule has 0 radical (unpaired) electrons. The highest BCUT2D eigenvalue weighted by Crippen LogP contribution is 2.22. The van der Waals surface area contributed by atoms with Gasteiger partial charge in [-0.1, -0.05) is 33.1 Å². The van der Waals surface area contributed by atoms with Gasteiger partial charge < -0.3 is 15.2 Å². The van der Waals surface area contributed by atoms with Crippen LogP contribution in [0.2, 0.25) is 0 Å². The van der Waals surface area contributed by atoms with Crippen molar-refractivity contribution < 1.29 is 14.6 Å². The van der Waals surface area contributed by atoms with Crippen LogP contribution in [0.5, 0.6) is 0 Å². The monoisotopic (exact) mass is 271 g/mol. The minimum absolute atomic E-state index is 0.411. The second-order valence-corrected chi connectivity index (χ2v) is 5.51. The highest BCUT2D eigenvalue weighted by atomic mass is 16.5. The number of carbonyl (C=O) groups is 1. The van der Waals surface area contributed by atoms with Crippen molar-refractivity contribution in [2.24, 2.45) is 0 Å². The molecular formula is C15H29NO3. The molecule has 1 atom stereocenters. The van der Waals surface area contributed by atoms with Crippen molar-refractivity contribution in [3.05, 3.63) is 0 Å². The first-order valence-corrected chi connectivity index (χ1v) is 7.74. The van der Waals surface area contributed by atoms with E-state index in [1.165, 1.54) is 32.1 Å². The van der Waals surface area contributed by atoms with Gasteiger partial charge in [0.1, 0.15) is 5.54 Å². The molecule has 0 heterocycles. The molecule has 1 saturated carbocycles. The number of likely N-dealkylation sites (N-methyl/N-ethyl adjacent to an activating group) is 1. The van der Waals surface area contributed by atoms with Gasteiger partial charge in [0, 0.05) is 6.61 Å². The van der Waals surface area contributed by atoms with Gasteiger partial charge >= 0.3 is 5.97 Å². The maximum Gasteiger partial charge on any atom is 0.323 e. The zero-order valence-electron chi connectivity index (χ0n) is 12.4. The Labute approximate surface area is 116 Å². The number of hydrogen-bond acceptors (Lipinski definition) is 3. The third kappa shape index (κ3) is 5.11. The molecule has 1 aliphatic rings. The van der Waals surface area contributed by atoms with Crippen LogP contribution in [0.4, 0.5) is 0 Å². The van der Waals surface area contributed by atoms with Crippen LogP contribution in [-0.4, -0.2) is 35.9 Å². The smallest absolute Gasteiger partial charge is 0.323 e. The van der Waals surface area contributed by atoms with Gasteiger partial charge in [0.05, 0.1) is 6.10 Å². The molecule has 0 amide bonds. The summed E-state index contributed by atoms with van der Waals surface area (Å²) in [6, 6.07) is 0. The Kier molecular flexibility index (Phi) is 7.39. The van der Waals surface area contributed by atoms with Gasteiger partial charge in [-0.3, -0.25) is 4.79 Å². The molecule has 1 aliphatic carbocycles. The zero-order valence-corrected chi connectivity index (χ0v) is 12.4. The number of ether oxygens (including phenoxy) is 1. The van der Waals surface area contributed by atoms with Crippen LogP contribution >= 0.6 is 0 Å². The summed E-state index contributed by atoms with van der Waals surface area (Å²) in [6.45, 7) is 5.25. The SMILES string of the molecule is CCNC(CC)(CCCOC1CCCCC1)C(=O)O. The van der Waals surface area contributed by atoms with Gasteiger partial charge in [0.25, 0.3) is 0 Å². The zero-order chi connectivity index (χ0) is 14.1. The fourth-order valence-electron chi connectivity index (χ4n) is 2.92. The van der Waals surface area contributed by atoms with Crippen LogP contribution < -0.4 is 5.32 Å². The molecule has 1 rings (SSSR count). The summed E-state index contributed by atoms with van der Waals surface area (Å²) < 4.78 is 5.86. The highest BCUT2D eigenvalue weighted by Gasteiger charge is 2.34. The Morgan fingerprint density at radius 1 is 1.32 bits per heavy atom. The lowest BCUT2D eigenvalue weighted by Gasteiger charge is -2.29. The maximum atomic E-state index is 11.4. The number of nitrogens with one attached hydrogen (secondary N) is 1. The van der Waals surface area contributed by atoms with Crippen molar-refractivity contribution in [3.63, 3.8) is 0 Å². The van der Waals surface area contributed by atoms with E-state index in [9.17, 15) is 9.90 Å². The third-order valence-corrected chi connectivity index (χ3v) is 4.18. The molecule has 4 nitrogen and oxygen atoms in total. The number of rotatable bonds is 9. The van der Waals surface area contributed by atoms with Gasteiger partial charge in [-0.15, -0.1) is 0 Å². The molecule has 0 bridgehead atoms. The maximum absolute atomic E-state index is 11.4. The molecule has 1 fully saturated rings. The Balaban J connectivity index is 2.29. The first-order chi connectivity index (χ1) is 9.14. The lowest BCUT2D eigenvalue weighted by Crippen LogP contribution is -2.51. The Morgan fingerprint density at radius 3 is 2.53 bits per heavy atom. The largest absolute Gasteiger partial charge is 0.480 e. The van der Waals surface area contributed by atoms with Crippen LogP contribution in [0.1, 0.15) is 65.2 Å². The van der Waals surface area contributed by atoms with Crippen molar-refractivity contribution in [3.8, 4) is 0 Å². The van der Waals surface area contributed by atoms with E-state index in [1.807, 2.05) is 13.8 Å². The Hall–Kier alpha value is -0.610. The summed E-state index contributed by atoms with van der Waals surface area (Å²) in [5, 5.41) is 12.5. The van der Waals surface area contributed by atoms with Gasteiger partial charge in [-0.2, -0.15) is 0 Å². The van der Waals surface area contributed by atoms with E-state index in [0.717, 1.165) is 6.42 Å². The molecule has 0 aromatic heterocycles. The summed E-state index contributed by atoms with van der Waals surface area (Å²) >= 11 is 0. The standard InChI is InChI=1S/C15H29NO3/c1-3-15(14(17)18,16-4-2)11-8-12-19-13-9-6-5-7-10-13/h13,16H,3-12H2,1-2H3,(H,17,18). The van der Waals surface area contributed by atoms with Crippen LogP contribution in [0, 0.1) is 0 Å². The van der Waals surface area contributed by atoms with Crippen LogP contribution in [0.15, 0.2) is 0 Å². The molecule has 4 heteroatoms. The summed E-state index contributed by atoms with van der Waals surface area (Å²) in [5.74, 6) is -0.741. The molecule has 0 spiro atoms. The van der Waals surface area contributed by atoms with Crippen LogP contribution in [-0.2, 0) is 9.53 Å². The topological polar surface area (TPSA) is 58.6 Å². The normalized spacial score (nSPS) is 20.1. The molecule has 1 unspecified atom stereocenters. The summed E-state index contributed by atoms with van der Waals surface area (Å²) in [6.07, 6.45) is 8.69. The fourth-order valence-corrected chi connectivity index (χ4v) is 2.92. The number of carboxylic acid groups (broad SMARTS) is 1. The number of hydrogen-bond donors (Lipinski definition) is 2. The van der Waals surface area contributed by atoms with E-state index < -0.39 is 11.5 Å². The predicted molar refractivity (Wildman–Crippen MR) is 76.4 cm³/mol. The average Bonchev–Trinajstić information content (AvgIpc) is 2.43. The van der Waals surface area contributed by atoms with Crippen LogP contribution in [0.3, 0.4) is 0 Å².